The number of carbonyl (C=O) groups is 1. The zero-order chi connectivity index (χ0) is 12.1. The van der Waals surface area contributed by atoms with Crippen LogP contribution >= 0.6 is 0 Å². The largest absolute Gasteiger partial charge is 0.427 e. The highest BCUT2D eigenvalue weighted by Gasteiger charge is 2.07. The molecule has 16 heavy (non-hydrogen) atoms. The molecule has 0 radical (unpaired) electrons. The molecule has 0 heterocycles. The second kappa shape index (κ2) is 5.69. The van der Waals surface area contributed by atoms with Crippen LogP contribution in [0.1, 0.15) is 45.6 Å². The molecule has 0 amide bonds. The highest BCUT2D eigenvalue weighted by molar-refractivity contribution is 5.72. The van der Waals surface area contributed by atoms with Gasteiger partial charge in [0.15, 0.2) is 0 Å². The van der Waals surface area contributed by atoms with Gasteiger partial charge in [-0.05, 0) is 29.5 Å². The van der Waals surface area contributed by atoms with Gasteiger partial charge in [-0.1, -0.05) is 39.8 Å². The fourth-order valence-corrected chi connectivity index (χ4v) is 1.43. The number of rotatable bonds is 4. The van der Waals surface area contributed by atoms with Crippen LogP contribution in [0.3, 0.4) is 0 Å². The van der Waals surface area contributed by atoms with Crippen molar-refractivity contribution in [1.29, 1.82) is 0 Å². The fraction of sp³-hybridized carbons (Fsp3) is 0.500. The molecule has 0 aliphatic heterocycles. The first-order valence-electron chi connectivity index (χ1n) is 5.79. The molecule has 2 heteroatoms. The Balaban J connectivity index is 2.58. The van der Waals surface area contributed by atoms with Crippen LogP contribution < -0.4 is 4.74 Å². The highest BCUT2D eigenvalue weighted by Crippen LogP contribution is 2.19. The molecular formula is C14H20O2. The monoisotopic (exact) mass is 220 g/mol. The van der Waals surface area contributed by atoms with Gasteiger partial charge in [0.25, 0.3) is 0 Å². The Hall–Kier alpha value is -1.31. The third kappa shape index (κ3) is 4.05. The maximum Gasteiger partial charge on any atom is 0.311 e. The average molecular weight is 220 g/mol. The number of esters is 1. The first kappa shape index (κ1) is 12.8. The quantitative estimate of drug-likeness (QED) is 0.570. The smallest absolute Gasteiger partial charge is 0.311 e. The molecular weight excluding hydrogens is 200 g/mol. The fourth-order valence-electron chi connectivity index (χ4n) is 1.43. The Kier molecular flexibility index (Phi) is 4.53. The van der Waals surface area contributed by atoms with E-state index in [1.54, 1.807) is 0 Å². The second-order valence-electron chi connectivity index (χ2n) is 4.80. The summed E-state index contributed by atoms with van der Waals surface area (Å²) >= 11 is 0. The Bertz CT molecular complexity index is 336. The van der Waals surface area contributed by atoms with Gasteiger partial charge < -0.3 is 4.74 Å². The Morgan fingerprint density at radius 3 is 2.12 bits per heavy atom. The van der Waals surface area contributed by atoms with E-state index in [1.807, 2.05) is 38.1 Å². The van der Waals surface area contributed by atoms with Gasteiger partial charge in [0.1, 0.15) is 5.75 Å². The van der Waals surface area contributed by atoms with Gasteiger partial charge in [-0.2, -0.15) is 0 Å². The molecule has 0 N–H and O–H groups in total. The van der Waals surface area contributed by atoms with Gasteiger partial charge in [0, 0.05) is 6.42 Å². The lowest BCUT2D eigenvalue weighted by Crippen LogP contribution is -2.10. The normalized spacial score (nSPS) is 10.9. The van der Waals surface area contributed by atoms with Crippen molar-refractivity contribution in [2.24, 2.45) is 5.92 Å². The van der Waals surface area contributed by atoms with Crippen molar-refractivity contribution in [1.82, 2.24) is 0 Å². The first-order chi connectivity index (χ1) is 7.49. The molecule has 0 bridgehead atoms. The van der Waals surface area contributed by atoms with Gasteiger partial charge in [-0.25, -0.2) is 0 Å². The number of hydrogen-bond donors (Lipinski definition) is 0. The molecule has 0 aliphatic carbocycles. The molecule has 2 nitrogen and oxygen atoms in total. The molecule has 1 aromatic rings. The van der Waals surface area contributed by atoms with Crippen molar-refractivity contribution >= 4 is 5.97 Å². The van der Waals surface area contributed by atoms with Crippen LogP contribution in [0, 0.1) is 5.92 Å². The molecule has 0 unspecified atom stereocenters. The van der Waals surface area contributed by atoms with E-state index in [4.69, 9.17) is 4.74 Å². The molecule has 0 fully saturated rings. The molecule has 0 saturated heterocycles. The minimum atomic E-state index is -0.160. The van der Waals surface area contributed by atoms with Crippen molar-refractivity contribution in [3.63, 3.8) is 0 Å². The molecule has 0 saturated carbocycles. The van der Waals surface area contributed by atoms with E-state index in [1.165, 1.54) is 5.56 Å². The zero-order valence-corrected chi connectivity index (χ0v) is 10.5. The van der Waals surface area contributed by atoms with E-state index >= 15 is 0 Å². The standard InChI is InChI=1S/C14H20O2/c1-10(2)9-14(15)16-13-7-5-12(6-8-13)11(3)4/h5-8,10-11H,9H2,1-4H3. The summed E-state index contributed by atoms with van der Waals surface area (Å²) in [7, 11) is 0. The van der Waals surface area contributed by atoms with Gasteiger partial charge in [-0.15, -0.1) is 0 Å². The minimum Gasteiger partial charge on any atom is -0.427 e. The lowest BCUT2D eigenvalue weighted by Gasteiger charge is -2.08. The van der Waals surface area contributed by atoms with Crippen LogP contribution in [0.25, 0.3) is 0 Å². The van der Waals surface area contributed by atoms with Crippen LogP contribution in [0.15, 0.2) is 24.3 Å². The van der Waals surface area contributed by atoms with E-state index in [-0.39, 0.29) is 5.97 Å². The number of benzene rings is 1. The number of hydrogen-bond acceptors (Lipinski definition) is 2. The van der Waals surface area contributed by atoms with Crippen LogP contribution in [0.5, 0.6) is 5.75 Å². The van der Waals surface area contributed by atoms with E-state index in [9.17, 15) is 4.79 Å². The average Bonchev–Trinajstić information content (AvgIpc) is 2.16. The summed E-state index contributed by atoms with van der Waals surface area (Å²) < 4.78 is 5.22. The molecule has 88 valence electrons. The molecule has 1 aromatic carbocycles. The summed E-state index contributed by atoms with van der Waals surface area (Å²) in [5, 5.41) is 0. The summed E-state index contributed by atoms with van der Waals surface area (Å²) in [5.74, 6) is 1.31. The van der Waals surface area contributed by atoms with Crippen LogP contribution in [-0.2, 0) is 4.79 Å². The molecule has 0 atom stereocenters. The van der Waals surface area contributed by atoms with Gasteiger partial charge in [0.2, 0.25) is 0 Å². The number of carbonyl (C=O) groups excluding carboxylic acids is 1. The Morgan fingerprint density at radius 2 is 1.69 bits per heavy atom. The van der Waals surface area contributed by atoms with Crippen LogP contribution in [-0.4, -0.2) is 5.97 Å². The molecule has 0 spiro atoms. The van der Waals surface area contributed by atoms with Crippen molar-refractivity contribution in [2.75, 3.05) is 0 Å². The lowest BCUT2D eigenvalue weighted by atomic mass is 10.0. The predicted octanol–water partition coefficient (Wildman–Crippen LogP) is 3.76. The minimum absolute atomic E-state index is 0.160. The third-order valence-corrected chi connectivity index (χ3v) is 2.35. The predicted molar refractivity (Wildman–Crippen MR) is 65.6 cm³/mol. The molecule has 0 aliphatic rings. The summed E-state index contributed by atoms with van der Waals surface area (Å²) in [5.41, 5.74) is 1.25. The van der Waals surface area contributed by atoms with E-state index < -0.39 is 0 Å². The SMILES string of the molecule is CC(C)CC(=O)Oc1ccc(C(C)C)cc1. The summed E-state index contributed by atoms with van der Waals surface area (Å²) in [6.07, 6.45) is 0.464. The van der Waals surface area contributed by atoms with E-state index in [0.29, 0.717) is 24.0 Å². The van der Waals surface area contributed by atoms with Crippen LogP contribution in [0.2, 0.25) is 0 Å². The summed E-state index contributed by atoms with van der Waals surface area (Å²) in [6.45, 7) is 8.28. The maximum absolute atomic E-state index is 11.4. The summed E-state index contributed by atoms with van der Waals surface area (Å²) in [4.78, 5) is 11.4. The number of ether oxygens (including phenoxy) is 1. The van der Waals surface area contributed by atoms with E-state index in [2.05, 4.69) is 13.8 Å². The molecule has 1 rings (SSSR count). The Morgan fingerprint density at radius 1 is 1.12 bits per heavy atom. The van der Waals surface area contributed by atoms with Crippen molar-refractivity contribution in [3.05, 3.63) is 29.8 Å². The van der Waals surface area contributed by atoms with E-state index in [0.717, 1.165) is 0 Å². The maximum atomic E-state index is 11.4. The zero-order valence-electron chi connectivity index (χ0n) is 10.5. The van der Waals surface area contributed by atoms with Gasteiger partial charge >= 0.3 is 5.97 Å². The highest BCUT2D eigenvalue weighted by atomic mass is 16.5. The van der Waals surface area contributed by atoms with Gasteiger partial charge in [-0.3, -0.25) is 4.79 Å². The topological polar surface area (TPSA) is 26.3 Å². The van der Waals surface area contributed by atoms with Crippen molar-refractivity contribution in [3.8, 4) is 5.75 Å². The molecule has 0 aromatic heterocycles. The summed E-state index contributed by atoms with van der Waals surface area (Å²) in [6, 6.07) is 7.71. The van der Waals surface area contributed by atoms with Crippen LogP contribution in [0.4, 0.5) is 0 Å². The van der Waals surface area contributed by atoms with Crippen molar-refractivity contribution in [2.45, 2.75) is 40.0 Å². The first-order valence-corrected chi connectivity index (χ1v) is 5.79. The van der Waals surface area contributed by atoms with Crippen molar-refractivity contribution < 1.29 is 9.53 Å². The van der Waals surface area contributed by atoms with Gasteiger partial charge in [0.05, 0.1) is 0 Å². The second-order valence-corrected chi connectivity index (χ2v) is 4.80. The Labute approximate surface area is 97.6 Å². The lowest BCUT2D eigenvalue weighted by molar-refractivity contribution is -0.135. The third-order valence-electron chi connectivity index (χ3n) is 2.35.